The van der Waals surface area contributed by atoms with Crippen molar-refractivity contribution in [2.24, 2.45) is 5.92 Å². The number of anilines is 2. The van der Waals surface area contributed by atoms with Gasteiger partial charge in [-0.25, -0.2) is 8.42 Å². The number of benzene rings is 2. The molecule has 0 bridgehead atoms. The summed E-state index contributed by atoms with van der Waals surface area (Å²) in [7, 11) is -3.87. The zero-order chi connectivity index (χ0) is 23.9. The number of aryl methyl sites for hydroxylation is 1. The highest BCUT2D eigenvalue weighted by atomic mass is 32.2. The fourth-order valence-electron chi connectivity index (χ4n) is 4.37. The largest absolute Gasteiger partial charge is 0.486 e. The predicted molar refractivity (Wildman–Crippen MR) is 123 cm³/mol. The first-order valence-electron chi connectivity index (χ1n) is 11.1. The third-order valence-electron chi connectivity index (χ3n) is 6.09. The van der Waals surface area contributed by atoms with E-state index in [0.29, 0.717) is 66.8 Å². The van der Waals surface area contributed by atoms with Crippen LogP contribution in [0, 0.1) is 12.8 Å². The van der Waals surface area contributed by atoms with Crippen molar-refractivity contribution < 1.29 is 32.2 Å². The molecule has 2 amide bonds. The minimum Gasteiger partial charge on any atom is -0.486 e. The molecule has 2 aromatic rings. The van der Waals surface area contributed by atoms with Crippen LogP contribution in [-0.2, 0) is 19.6 Å². The van der Waals surface area contributed by atoms with Gasteiger partial charge in [-0.05, 0) is 43.5 Å². The lowest BCUT2D eigenvalue weighted by Crippen LogP contribution is -2.43. The first-order chi connectivity index (χ1) is 16.3. The Labute approximate surface area is 197 Å². The summed E-state index contributed by atoms with van der Waals surface area (Å²) in [4.78, 5) is 24.6. The van der Waals surface area contributed by atoms with Crippen molar-refractivity contribution in [1.29, 1.82) is 0 Å². The van der Waals surface area contributed by atoms with Crippen molar-refractivity contribution in [1.82, 2.24) is 4.31 Å². The van der Waals surface area contributed by atoms with Crippen LogP contribution in [0.1, 0.15) is 18.4 Å². The number of sulfonamides is 1. The summed E-state index contributed by atoms with van der Waals surface area (Å²) in [6, 6.07) is 8.22. The lowest BCUT2D eigenvalue weighted by Gasteiger charge is -2.32. The number of ether oxygens (including phenoxy) is 3. The quantitative estimate of drug-likeness (QED) is 0.677. The van der Waals surface area contributed by atoms with Crippen LogP contribution < -0.4 is 24.8 Å². The van der Waals surface area contributed by atoms with Crippen molar-refractivity contribution in [2.75, 3.05) is 43.5 Å². The molecule has 180 valence electrons. The van der Waals surface area contributed by atoms with Gasteiger partial charge in [0, 0.05) is 30.9 Å². The number of hydrogen-bond donors (Lipinski definition) is 2. The standard InChI is InChI=1S/C23H25N3O7S/c1-14-9-17-19(33-13-22(27)25-17)11-21(14)34(29,30)26-6-2-3-15(12-26)23(28)24-16-4-5-18-20(10-16)32-8-7-31-18/h4-5,9-11,15H,2-3,6-8,12-13H2,1H3,(H,24,28)(H,25,27)/t15-/m0/s1. The Balaban J connectivity index is 1.32. The fourth-order valence-corrected chi connectivity index (χ4v) is 6.12. The van der Waals surface area contributed by atoms with Gasteiger partial charge in [0.2, 0.25) is 15.9 Å². The van der Waals surface area contributed by atoms with E-state index in [1.165, 1.54) is 10.4 Å². The van der Waals surface area contributed by atoms with Crippen LogP contribution in [0.5, 0.6) is 17.2 Å². The van der Waals surface area contributed by atoms with E-state index in [0.717, 1.165) is 0 Å². The highest BCUT2D eigenvalue weighted by Crippen LogP contribution is 2.36. The van der Waals surface area contributed by atoms with E-state index in [1.54, 1.807) is 31.2 Å². The molecule has 1 atom stereocenters. The summed E-state index contributed by atoms with van der Waals surface area (Å²) < 4.78 is 44.7. The van der Waals surface area contributed by atoms with Crippen LogP contribution in [-0.4, -0.2) is 57.4 Å². The van der Waals surface area contributed by atoms with Crippen molar-refractivity contribution in [3.63, 3.8) is 0 Å². The van der Waals surface area contributed by atoms with Gasteiger partial charge in [0.1, 0.15) is 19.0 Å². The summed E-state index contributed by atoms with van der Waals surface area (Å²) in [6.07, 6.45) is 1.15. The van der Waals surface area contributed by atoms with Crippen LogP contribution in [0.25, 0.3) is 0 Å². The smallest absolute Gasteiger partial charge is 0.262 e. The molecular formula is C23H25N3O7S. The zero-order valence-corrected chi connectivity index (χ0v) is 19.4. The molecule has 0 aliphatic carbocycles. The minimum absolute atomic E-state index is 0.0762. The number of fused-ring (bicyclic) bond motifs is 2. The number of amides is 2. The maximum atomic E-state index is 13.5. The molecule has 34 heavy (non-hydrogen) atoms. The van der Waals surface area contributed by atoms with Gasteiger partial charge in [-0.1, -0.05) is 0 Å². The predicted octanol–water partition coefficient (Wildman–Crippen LogP) is 2.14. The van der Waals surface area contributed by atoms with Gasteiger partial charge in [-0.15, -0.1) is 0 Å². The maximum Gasteiger partial charge on any atom is 0.262 e. The molecule has 0 spiro atoms. The number of nitrogens with one attached hydrogen (secondary N) is 2. The second-order valence-electron chi connectivity index (χ2n) is 8.50. The van der Waals surface area contributed by atoms with Crippen LogP contribution in [0.3, 0.4) is 0 Å². The molecule has 0 aromatic heterocycles. The molecule has 0 radical (unpaired) electrons. The van der Waals surface area contributed by atoms with Crippen molar-refractivity contribution in [3.05, 3.63) is 35.9 Å². The second-order valence-corrected chi connectivity index (χ2v) is 10.4. The lowest BCUT2D eigenvalue weighted by molar-refractivity contribution is -0.121. The van der Waals surface area contributed by atoms with E-state index in [1.807, 2.05) is 0 Å². The highest BCUT2D eigenvalue weighted by molar-refractivity contribution is 7.89. The number of carbonyl (C=O) groups is 2. The molecule has 1 fully saturated rings. The molecule has 10 nitrogen and oxygen atoms in total. The average molecular weight is 488 g/mol. The molecule has 5 rings (SSSR count). The average Bonchev–Trinajstić information content (AvgIpc) is 2.83. The van der Waals surface area contributed by atoms with E-state index in [2.05, 4.69) is 10.6 Å². The Bertz CT molecular complexity index is 1260. The van der Waals surface area contributed by atoms with Gasteiger partial charge in [-0.2, -0.15) is 4.31 Å². The van der Waals surface area contributed by atoms with Crippen LogP contribution in [0.15, 0.2) is 35.2 Å². The molecule has 3 aliphatic rings. The SMILES string of the molecule is Cc1cc2c(cc1S(=O)(=O)N1CCC[C@H](C(=O)Nc3ccc4c(c3)OCCO4)C1)OCC(=O)N2. The number of nitrogens with zero attached hydrogens (tertiary/aromatic N) is 1. The summed E-state index contributed by atoms with van der Waals surface area (Å²) in [6.45, 7) is 2.83. The molecule has 2 N–H and O–H groups in total. The van der Waals surface area contributed by atoms with Gasteiger partial charge >= 0.3 is 0 Å². The molecular weight excluding hydrogens is 462 g/mol. The monoisotopic (exact) mass is 487 g/mol. The third kappa shape index (κ3) is 4.28. The molecule has 1 saturated heterocycles. The Morgan fingerprint density at radius 2 is 1.88 bits per heavy atom. The summed E-state index contributed by atoms with van der Waals surface area (Å²) in [5.74, 6) is 0.482. The van der Waals surface area contributed by atoms with Gasteiger partial charge in [0.05, 0.1) is 16.5 Å². The topological polar surface area (TPSA) is 123 Å². The van der Waals surface area contributed by atoms with E-state index in [-0.39, 0.29) is 29.9 Å². The zero-order valence-electron chi connectivity index (χ0n) is 18.6. The van der Waals surface area contributed by atoms with E-state index < -0.39 is 15.9 Å². The second kappa shape index (κ2) is 8.80. The van der Waals surface area contributed by atoms with E-state index in [9.17, 15) is 18.0 Å². The Hall–Kier alpha value is -3.31. The van der Waals surface area contributed by atoms with Crippen molar-refractivity contribution in [2.45, 2.75) is 24.7 Å². The molecule has 0 unspecified atom stereocenters. The van der Waals surface area contributed by atoms with Gasteiger partial charge < -0.3 is 24.8 Å². The summed E-state index contributed by atoms with van der Waals surface area (Å²) in [5, 5.41) is 5.55. The third-order valence-corrected chi connectivity index (χ3v) is 8.10. The van der Waals surface area contributed by atoms with Gasteiger partial charge in [0.25, 0.3) is 5.91 Å². The maximum absolute atomic E-state index is 13.5. The Morgan fingerprint density at radius 3 is 2.71 bits per heavy atom. The first kappa shape index (κ1) is 22.5. The van der Waals surface area contributed by atoms with Crippen LogP contribution in [0.4, 0.5) is 11.4 Å². The highest BCUT2D eigenvalue weighted by Gasteiger charge is 2.35. The lowest BCUT2D eigenvalue weighted by atomic mass is 9.98. The summed E-state index contributed by atoms with van der Waals surface area (Å²) >= 11 is 0. The number of rotatable bonds is 4. The molecule has 3 heterocycles. The van der Waals surface area contributed by atoms with Crippen molar-refractivity contribution >= 4 is 33.2 Å². The van der Waals surface area contributed by atoms with Gasteiger partial charge in [0.15, 0.2) is 18.1 Å². The van der Waals surface area contributed by atoms with E-state index in [4.69, 9.17) is 14.2 Å². The normalized spacial score (nSPS) is 20.0. The van der Waals surface area contributed by atoms with Crippen LogP contribution in [0.2, 0.25) is 0 Å². The minimum atomic E-state index is -3.87. The molecule has 2 aromatic carbocycles. The first-order valence-corrected chi connectivity index (χ1v) is 12.5. The fraction of sp³-hybridized carbons (Fsp3) is 0.391. The Kier molecular flexibility index (Phi) is 5.82. The molecule has 3 aliphatic heterocycles. The van der Waals surface area contributed by atoms with E-state index >= 15 is 0 Å². The Morgan fingerprint density at radius 1 is 1.09 bits per heavy atom. The number of hydrogen-bond acceptors (Lipinski definition) is 7. The summed E-state index contributed by atoms with van der Waals surface area (Å²) in [5.41, 5.74) is 1.51. The molecule has 11 heteroatoms. The number of piperidine rings is 1. The van der Waals surface area contributed by atoms with Crippen LogP contribution >= 0.6 is 0 Å². The molecule has 0 saturated carbocycles. The number of carbonyl (C=O) groups excluding carboxylic acids is 2. The van der Waals surface area contributed by atoms with Gasteiger partial charge in [-0.3, -0.25) is 9.59 Å². The van der Waals surface area contributed by atoms with Crippen molar-refractivity contribution in [3.8, 4) is 17.2 Å².